The van der Waals surface area contributed by atoms with Gasteiger partial charge in [0.2, 0.25) is 5.91 Å². The van der Waals surface area contributed by atoms with E-state index in [1.807, 2.05) is 60.7 Å². The number of anilines is 1. The first-order valence-corrected chi connectivity index (χ1v) is 12.1. The molecule has 1 saturated heterocycles. The van der Waals surface area contributed by atoms with Gasteiger partial charge in [-0.05, 0) is 35.4 Å². The highest BCUT2D eigenvalue weighted by atomic mass is 16.6. The molecule has 0 radical (unpaired) electrons. The lowest BCUT2D eigenvalue weighted by Gasteiger charge is -2.21. The summed E-state index contributed by atoms with van der Waals surface area (Å²) in [6.45, 7) is 0.160. The normalized spacial score (nSPS) is 16.6. The van der Waals surface area contributed by atoms with E-state index in [-0.39, 0.29) is 12.5 Å². The van der Waals surface area contributed by atoms with Crippen LogP contribution in [0.5, 0.6) is 0 Å². The van der Waals surface area contributed by atoms with Crippen LogP contribution in [0.1, 0.15) is 21.5 Å². The number of rotatable bonds is 10. The van der Waals surface area contributed by atoms with E-state index in [1.165, 1.54) is 4.90 Å². The highest BCUT2D eigenvalue weighted by Crippen LogP contribution is 2.25. The fraction of sp³-hybridized carbons (Fsp3) is 0.241. The molecule has 38 heavy (non-hydrogen) atoms. The third-order valence-corrected chi connectivity index (χ3v) is 5.95. The summed E-state index contributed by atoms with van der Waals surface area (Å²) >= 11 is 0. The molecule has 0 aliphatic carbocycles. The van der Waals surface area contributed by atoms with Gasteiger partial charge in [-0.2, -0.15) is 0 Å². The molecule has 4 rings (SSSR count). The fourth-order valence-electron chi connectivity index (χ4n) is 3.84. The van der Waals surface area contributed by atoms with E-state index in [0.717, 1.165) is 11.1 Å². The highest BCUT2D eigenvalue weighted by Gasteiger charge is 2.51. The number of nitrogens with one attached hydrogen (secondary N) is 2. The van der Waals surface area contributed by atoms with Gasteiger partial charge < -0.3 is 25.0 Å². The number of nitrogens with zero attached hydrogens (tertiary/aromatic N) is 1. The molecule has 9 nitrogen and oxygen atoms in total. The zero-order valence-corrected chi connectivity index (χ0v) is 21.1. The van der Waals surface area contributed by atoms with Gasteiger partial charge in [-0.25, -0.2) is 4.79 Å². The minimum Gasteiger partial charge on any atom is -0.457 e. The second-order valence-corrected chi connectivity index (χ2v) is 9.09. The number of esters is 1. The van der Waals surface area contributed by atoms with Crippen molar-refractivity contribution in [2.75, 3.05) is 19.4 Å². The van der Waals surface area contributed by atoms with Crippen molar-refractivity contribution in [3.63, 3.8) is 0 Å². The van der Waals surface area contributed by atoms with Gasteiger partial charge in [0.05, 0.1) is 5.56 Å². The Morgan fingerprint density at radius 3 is 2.00 bits per heavy atom. The fourth-order valence-corrected chi connectivity index (χ4v) is 3.84. The minimum atomic E-state index is -0.990. The van der Waals surface area contributed by atoms with E-state index < -0.39 is 36.0 Å². The van der Waals surface area contributed by atoms with Crippen molar-refractivity contribution in [2.45, 2.75) is 31.3 Å². The van der Waals surface area contributed by atoms with E-state index in [4.69, 9.17) is 9.47 Å². The summed E-state index contributed by atoms with van der Waals surface area (Å²) in [4.78, 5) is 51.7. The molecule has 3 atom stereocenters. The average molecular weight is 516 g/mol. The molecule has 0 saturated carbocycles. The Morgan fingerprint density at radius 1 is 0.816 bits per heavy atom. The molecular weight excluding hydrogens is 486 g/mol. The summed E-state index contributed by atoms with van der Waals surface area (Å²) in [6, 6.07) is 24.1. The summed E-state index contributed by atoms with van der Waals surface area (Å²) < 4.78 is 10.6. The lowest BCUT2D eigenvalue weighted by molar-refractivity contribution is -0.134. The molecule has 2 N–H and O–H groups in total. The van der Waals surface area contributed by atoms with Gasteiger partial charge in [0.25, 0.3) is 11.8 Å². The van der Waals surface area contributed by atoms with Crippen LogP contribution in [0, 0.1) is 0 Å². The van der Waals surface area contributed by atoms with Crippen LogP contribution in [0.2, 0.25) is 0 Å². The predicted molar refractivity (Wildman–Crippen MR) is 140 cm³/mol. The summed E-state index contributed by atoms with van der Waals surface area (Å²) in [6.07, 6.45) is -1.65. The number of likely N-dealkylation sites (N-methyl/N-ethyl adjacent to an activating group) is 1. The maximum Gasteiger partial charge on any atom is 0.338 e. The van der Waals surface area contributed by atoms with Crippen molar-refractivity contribution in [1.29, 1.82) is 0 Å². The zero-order valence-electron chi connectivity index (χ0n) is 21.1. The molecule has 196 valence electrons. The Morgan fingerprint density at radius 2 is 1.39 bits per heavy atom. The van der Waals surface area contributed by atoms with Gasteiger partial charge in [-0.3, -0.25) is 14.4 Å². The zero-order chi connectivity index (χ0) is 27.1. The number of benzene rings is 3. The van der Waals surface area contributed by atoms with Gasteiger partial charge in [-0.1, -0.05) is 60.7 Å². The summed E-state index contributed by atoms with van der Waals surface area (Å²) in [5, 5.41) is 5.39. The number of carbonyl (C=O) groups is 4. The number of carbonyl (C=O) groups excluding carboxylic acids is 4. The van der Waals surface area contributed by atoms with Crippen LogP contribution in [-0.2, 0) is 36.9 Å². The maximum atomic E-state index is 12.7. The number of hydrogen-bond donors (Lipinski definition) is 2. The minimum absolute atomic E-state index is 0.160. The molecule has 0 unspecified atom stereocenters. The van der Waals surface area contributed by atoms with Crippen LogP contribution in [-0.4, -0.2) is 60.9 Å². The Kier molecular flexibility index (Phi) is 8.50. The number of epoxide rings is 1. The van der Waals surface area contributed by atoms with E-state index in [1.54, 1.807) is 38.4 Å². The first kappa shape index (κ1) is 26.6. The molecule has 1 heterocycles. The smallest absolute Gasteiger partial charge is 0.338 e. The second-order valence-electron chi connectivity index (χ2n) is 9.09. The lowest BCUT2D eigenvalue weighted by atomic mass is 10.0. The van der Waals surface area contributed by atoms with Gasteiger partial charge in [0.1, 0.15) is 12.6 Å². The van der Waals surface area contributed by atoms with Gasteiger partial charge in [0.15, 0.2) is 12.2 Å². The average Bonchev–Trinajstić information content (AvgIpc) is 3.74. The third kappa shape index (κ3) is 7.04. The largest absolute Gasteiger partial charge is 0.457 e. The van der Waals surface area contributed by atoms with Crippen molar-refractivity contribution < 1.29 is 28.7 Å². The number of hydrogen-bond acceptors (Lipinski definition) is 6. The van der Waals surface area contributed by atoms with Crippen LogP contribution >= 0.6 is 0 Å². The molecule has 1 aliphatic heterocycles. The first-order valence-electron chi connectivity index (χ1n) is 12.1. The lowest BCUT2D eigenvalue weighted by Crippen LogP contribution is -2.49. The summed E-state index contributed by atoms with van der Waals surface area (Å²) in [5.74, 6) is -1.77. The SMILES string of the molecule is CN(C)C(=O)[C@H](Cc1ccccc1)NC(=O)[C@H]1O[C@@H]1C(=O)Nc1ccc(C(=O)OCc2ccccc2)cc1. The molecule has 1 fully saturated rings. The van der Waals surface area contributed by atoms with Crippen LogP contribution < -0.4 is 10.6 Å². The Hall–Kier alpha value is -4.50. The topological polar surface area (TPSA) is 117 Å². The monoisotopic (exact) mass is 515 g/mol. The van der Waals surface area contributed by atoms with Crippen molar-refractivity contribution in [3.05, 3.63) is 102 Å². The molecule has 9 heteroatoms. The second kappa shape index (κ2) is 12.2. The van der Waals surface area contributed by atoms with E-state index in [9.17, 15) is 19.2 Å². The number of ether oxygens (including phenoxy) is 2. The third-order valence-electron chi connectivity index (χ3n) is 5.95. The Balaban J connectivity index is 1.28. The van der Waals surface area contributed by atoms with E-state index in [0.29, 0.717) is 17.7 Å². The van der Waals surface area contributed by atoms with E-state index >= 15 is 0 Å². The van der Waals surface area contributed by atoms with Crippen LogP contribution in [0.3, 0.4) is 0 Å². The molecule has 0 bridgehead atoms. The maximum absolute atomic E-state index is 12.7. The molecule has 0 spiro atoms. The van der Waals surface area contributed by atoms with Gasteiger partial charge in [0, 0.05) is 26.2 Å². The molecule has 3 aromatic carbocycles. The van der Waals surface area contributed by atoms with Gasteiger partial charge in [-0.15, -0.1) is 0 Å². The Labute approximate surface area is 220 Å². The molecule has 3 amide bonds. The van der Waals surface area contributed by atoms with Gasteiger partial charge >= 0.3 is 5.97 Å². The molecule has 1 aliphatic rings. The van der Waals surface area contributed by atoms with Crippen molar-refractivity contribution >= 4 is 29.4 Å². The van der Waals surface area contributed by atoms with Crippen molar-refractivity contribution in [2.24, 2.45) is 0 Å². The highest BCUT2D eigenvalue weighted by molar-refractivity contribution is 6.02. The Bertz CT molecular complexity index is 1280. The summed E-state index contributed by atoms with van der Waals surface area (Å²) in [7, 11) is 3.23. The van der Waals surface area contributed by atoms with Crippen LogP contribution in [0.15, 0.2) is 84.9 Å². The van der Waals surface area contributed by atoms with Crippen LogP contribution in [0.4, 0.5) is 5.69 Å². The standard InChI is InChI=1S/C29H29N3O6/c1-32(2)28(35)23(17-19-9-5-3-6-10-19)31-27(34)25-24(38-25)26(33)30-22-15-13-21(14-16-22)29(36)37-18-20-11-7-4-8-12-20/h3-16,23-25H,17-18H2,1-2H3,(H,30,33)(H,31,34)/t23-,24-,25-/m0/s1. The molecular formula is C29H29N3O6. The van der Waals surface area contributed by atoms with E-state index in [2.05, 4.69) is 10.6 Å². The quantitative estimate of drug-likeness (QED) is 0.317. The van der Waals surface area contributed by atoms with Crippen LogP contribution in [0.25, 0.3) is 0 Å². The molecule has 3 aromatic rings. The summed E-state index contributed by atoms with van der Waals surface area (Å²) in [5.41, 5.74) is 2.56. The molecule has 0 aromatic heterocycles. The number of amides is 3. The first-order chi connectivity index (χ1) is 18.3. The van der Waals surface area contributed by atoms with Crippen molar-refractivity contribution in [3.8, 4) is 0 Å². The van der Waals surface area contributed by atoms with Crippen molar-refractivity contribution in [1.82, 2.24) is 10.2 Å². The predicted octanol–water partition coefficient (Wildman–Crippen LogP) is 2.57.